The Hall–Kier alpha value is 0.270. The summed E-state index contributed by atoms with van der Waals surface area (Å²) in [5.41, 5.74) is 6.64. The third-order valence-corrected chi connectivity index (χ3v) is 4.83. The second-order valence-corrected chi connectivity index (χ2v) is 7.10. The van der Waals surface area contributed by atoms with Gasteiger partial charge in [-0.15, -0.1) is 0 Å². The summed E-state index contributed by atoms with van der Waals surface area (Å²) in [4.78, 5) is 2.47. The maximum absolute atomic E-state index is 6.57. The summed E-state index contributed by atoms with van der Waals surface area (Å²) in [6.07, 6.45) is 8.53. The van der Waals surface area contributed by atoms with Crippen LogP contribution in [0.15, 0.2) is 0 Å². The smallest absolute Gasteiger partial charge is 0.0285 e. The predicted molar refractivity (Wildman–Crippen MR) is 79.6 cm³/mol. The van der Waals surface area contributed by atoms with Gasteiger partial charge in [0.2, 0.25) is 0 Å². The summed E-state index contributed by atoms with van der Waals surface area (Å²) in [5.74, 6) is 2.06. The third-order valence-electron chi connectivity index (χ3n) is 4.18. The van der Waals surface area contributed by atoms with E-state index < -0.39 is 0 Å². The zero-order valence-corrected chi connectivity index (χ0v) is 12.9. The maximum atomic E-state index is 6.57. The number of hydrogen-bond donors (Lipinski definition) is 1. The molecule has 3 heteroatoms. The fraction of sp³-hybridized carbons (Fsp3) is 1.00. The van der Waals surface area contributed by atoms with Crippen LogP contribution in [0.2, 0.25) is 0 Å². The van der Waals surface area contributed by atoms with Gasteiger partial charge in [-0.25, -0.2) is 0 Å². The summed E-state index contributed by atoms with van der Waals surface area (Å²) in [6.45, 7) is 5.73. The van der Waals surface area contributed by atoms with Crippen LogP contribution in [0.5, 0.6) is 0 Å². The standard InChI is InChI=1S/C14H30N2S/c1-12-6-5-8-14(15,10-12)11-16(3)13(2)7-9-17-4/h12-13H,5-11,15H2,1-4H3. The highest BCUT2D eigenvalue weighted by Gasteiger charge is 2.32. The molecule has 0 saturated heterocycles. The summed E-state index contributed by atoms with van der Waals surface area (Å²) in [7, 11) is 2.23. The van der Waals surface area contributed by atoms with E-state index in [2.05, 4.69) is 32.1 Å². The van der Waals surface area contributed by atoms with E-state index in [-0.39, 0.29) is 5.54 Å². The highest BCUT2D eigenvalue weighted by molar-refractivity contribution is 7.98. The first-order valence-corrected chi connectivity index (χ1v) is 8.34. The molecular formula is C14H30N2S. The summed E-state index contributed by atoms with van der Waals surface area (Å²) in [5, 5.41) is 0. The predicted octanol–water partition coefficient (Wildman–Crippen LogP) is 2.97. The first-order chi connectivity index (χ1) is 7.97. The van der Waals surface area contributed by atoms with Gasteiger partial charge < -0.3 is 10.6 Å². The quantitative estimate of drug-likeness (QED) is 0.794. The van der Waals surface area contributed by atoms with E-state index in [1.807, 2.05) is 11.8 Å². The Morgan fingerprint density at radius 1 is 1.53 bits per heavy atom. The average Bonchev–Trinajstić information content (AvgIpc) is 2.24. The largest absolute Gasteiger partial charge is 0.324 e. The monoisotopic (exact) mass is 258 g/mol. The Morgan fingerprint density at radius 2 is 2.24 bits per heavy atom. The van der Waals surface area contributed by atoms with Gasteiger partial charge in [0.15, 0.2) is 0 Å². The second kappa shape index (κ2) is 7.01. The van der Waals surface area contributed by atoms with Crippen LogP contribution in [0.1, 0.15) is 46.0 Å². The van der Waals surface area contributed by atoms with Crippen LogP contribution >= 0.6 is 11.8 Å². The van der Waals surface area contributed by atoms with E-state index in [0.29, 0.717) is 6.04 Å². The van der Waals surface area contributed by atoms with Crippen LogP contribution in [-0.4, -0.2) is 42.1 Å². The molecule has 0 radical (unpaired) electrons. The molecule has 3 unspecified atom stereocenters. The summed E-state index contributed by atoms with van der Waals surface area (Å²) in [6, 6.07) is 0.653. The zero-order valence-electron chi connectivity index (χ0n) is 12.0. The molecule has 0 amide bonds. The van der Waals surface area contributed by atoms with E-state index in [9.17, 15) is 0 Å². The first-order valence-electron chi connectivity index (χ1n) is 6.95. The number of hydrogen-bond acceptors (Lipinski definition) is 3. The number of nitrogens with two attached hydrogens (primary N) is 1. The molecule has 0 aromatic carbocycles. The van der Waals surface area contributed by atoms with Crippen molar-refractivity contribution in [1.29, 1.82) is 0 Å². The van der Waals surface area contributed by atoms with E-state index in [1.54, 1.807) is 0 Å². The lowest BCUT2D eigenvalue weighted by Crippen LogP contribution is -2.53. The Balaban J connectivity index is 2.40. The molecule has 0 aromatic rings. The Bertz CT molecular complexity index is 222. The molecule has 1 rings (SSSR count). The van der Waals surface area contributed by atoms with Crippen LogP contribution in [0.25, 0.3) is 0 Å². The topological polar surface area (TPSA) is 29.3 Å². The van der Waals surface area contributed by atoms with Gasteiger partial charge in [-0.05, 0) is 51.2 Å². The lowest BCUT2D eigenvalue weighted by Gasteiger charge is -2.41. The average molecular weight is 258 g/mol. The van der Waals surface area contributed by atoms with Crippen molar-refractivity contribution in [3.8, 4) is 0 Å². The number of likely N-dealkylation sites (N-methyl/N-ethyl adjacent to an activating group) is 1. The minimum atomic E-state index is 0.0695. The first kappa shape index (κ1) is 15.3. The molecule has 1 aliphatic rings. The van der Waals surface area contributed by atoms with E-state index in [1.165, 1.54) is 37.9 Å². The van der Waals surface area contributed by atoms with Crippen LogP contribution in [0, 0.1) is 5.92 Å². The van der Waals surface area contributed by atoms with Gasteiger partial charge in [0.1, 0.15) is 0 Å². The number of rotatable bonds is 6. The molecule has 1 saturated carbocycles. The molecule has 2 N–H and O–H groups in total. The highest BCUT2D eigenvalue weighted by atomic mass is 32.2. The van der Waals surface area contributed by atoms with Crippen LogP contribution in [0.4, 0.5) is 0 Å². The fourth-order valence-corrected chi connectivity index (χ4v) is 3.58. The molecule has 0 bridgehead atoms. The maximum Gasteiger partial charge on any atom is 0.0285 e. The van der Waals surface area contributed by atoms with Gasteiger partial charge >= 0.3 is 0 Å². The summed E-state index contributed by atoms with van der Waals surface area (Å²) >= 11 is 1.94. The molecule has 0 aliphatic heterocycles. The second-order valence-electron chi connectivity index (χ2n) is 6.11. The lowest BCUT2D eigenvalue weighted by atomic mass is 9.76. The van der Waals surface area contributed by atoms with Gasteiger partial charge in [0.05, 0.1) is 0 Å². The van der Waals surface area contributed by atoms with Crippen molar-refractivity contribution < 1.29 is 0 Å². The third kappa shape index (κ3) is 5.19. The SMILES string of the molecule is CSCCC(C)N(C)CC1(N)CCCC(C)C1. The molecule has 0 spiro atoms. The minimum absolute atomic E-state index is 0.0695. The van der Waals surface area contributed by atoms with Crippen LogP contribution in [0.3, 0.4) is 0 Å². The molecule has 2 nitrogen and oxygen atoms in total. The van der Waals surface area contributed by atoms with Gasteiger partial charge in [-0.1, -0.05) is 19.8 Å². The van der Waals surface area contributed by atoms with Gasteiger partial charge in [-0.3, -0.25) is 0 Å². The highest BCUT2D eigenvalue weighted by Crippen LogP contribution is 2.31. The minimum Gasteiger partial charge on any atom is -0.324 e. The Kier molecular flexibility index (Phi) is 6.32. The van der Waals surface area contributed by atoms with Crippen LogP contribution < -0.4 is 5.73 Å². The van der Waals surface area contributed by atoms with Crippen LogP contribution in [-0.2, 0) is 0 Å². The lowest BCUT2D eigenvalue weighted by molar-refractivity contribution is 0.142. The number of nitrogens with zero attached hydrogens (tertiary/aromatic N) is 1. The molecule has 0 aromatic heterocycles. The Labute approximate surface area is 112 Å². The van der Waals surface area contributed by atoms with Gasteiger partial charge in [0, 0.05) is 18.1 Å². The molecule has 3 atom stereocenters. The summed E-state index contributed by atoms with van der Waals surface area (Å²) < 4.78 is 0. The van der Waals surface area contributed by atoms with E-state index in [4.69, 9.17) is 5.73 Å². The molecule has 17 heavy (non-hydrogen) atoms. The van der Waals surface area contributed by atoms with E-state index in [0.717, 1.165) is 12.5 Å². The molecule has 102 valence electrons. The normalized spacial score (nSPS) is 31.8. The van der Waals surface area contributed by atoms with Gasteiger partial charge in [-0.2, -0.15) is 11.8 Å². The van der Waals surface area contributed by atoms with Crippen molar-refractivity contribution in [2.24, 2.45) is 11.7 Å². The van der Waals surface area contributed by atoms with Crippen molar-refractivity contribution in [1.82, 2.24) is 4.90 Å². The molecule has 0 heterocycles. The van der Waals surface area contributed by atoms with Crippen molar-refractivity contribution >= 4 is 11.8 Å². The molecular weight excluding hydrogens is 228 g/mol. The van der Waals surface area contributed by atoms with Gasteiger partial charge in [0.25, 0.3) is 0 Å². The molecule has 1 fully saturated rings. The van der Waals surface area contributed by atoms with Crippen molar-refractivity contribution in [2.45, 2.75) is 57.5 Å². The fourth-order valence-electron chi connectivity index (χ4n) is 3.01. The molecule has 1 aliphatic carbocycles. The number of thioether (sulfide) groups is 1. The Morgan fingerprint density at radius 3 is 2.82 bits per heavy atom. The van der Waals surface area contributed by atoms with Crippen molar-refractivity contribution in [2.75, 3.05) is 25.6 Å². The van der Waals surface area contributed by atoms with Crippen molar-refractivity contribution in [3.05, 3.63) is 0 Å². The van der Waals surface area contributed by atoms with Crippen molar-refractivity contribution in [3.63, 3.8) is 0 Å². The zero-order chi connectivity index (χ0) is 12.9. The van der Waals surface area contributed by atoms with E-state index >= 15 is 0 Å².